The van der Waals surface area contributed by atoms with Crippen molar-refractivity contribution in [2.24, 2.45) is 0 Å². The smallest absolute Gasteiger partial charge is 0.243 e. The molecule has 1 aliphatic rings. The van der Waals surface area contributed by atoms with Crippen molar-refractivity contribution in [1.29, 1.82) is 0 Å². The van der Waals surface area contributed by atoms with Crippen molar-refractivity contribution >= 4 is 10.0 Å². The van der Waals surface area contributed by atoms with E-state index < -0.39 is 15.8 Å². The van der Waals surface area contributed by atoms with Crippen molar-refractivity contribution in [1.82, 2.24) is 9.21 Å². The summed E-state index contributed by atoms with van der Waals surface area (Å²) < 4.78 is 40.0. The van der Waals surface area contributed by atoms with E-state index in [-0.39, 0.29) is 10.6 Å². The van der Waals surface area contributed by atoms with Crippen LogP contribution in [0.25, 0.3) is 0 Å². The van der Waals surface area contributed by atoms with Gasteiger partial charge in [0.15, 0.2) is 0 Å². The number of piperazine rings is 1. The molecule has 0 saturated carbocycles. The highest BCUT2D eigenvalue weighted by Crippen LogP contribution is 2.24. The summed E-state index contributed by atoms with van der Waals surface area (Å²) in [4.78, 5) is 2.10. The number of aromatic hydroxyl groups is 1. The molecule has 0 amide bonds. The Labute approximate surface area is 153 Å². The minimum Gasteiger partial charge on any atom is -0.508 e. The molecule has 2 aromatic rings. The molecule has 0 bridgehead atoms. The van der Waals surface area contributed by atoms with E-state index in [0.717, 1.165) is 22.8 Å². The molecule has 140 valence electrons. The van der Waals surface area contributed by atoms with E-state index in [1.807, 2.05) is 19.9 Å². The molecule has 1 N–H and O–H groups in total. The van der Waals surface area contributed by atoms with E-state index in [9.17, 15) is 17.9 Å². The fraction of sp³-hybridized carbons (Fsp3) is 0.368. The number of hydrogen-bond donors (Lipinski definition) is 1. The minimum absolute atomic E-state index is 0.0160. The summed E-state index contributed by atoms with van der Waals surface area (Å²) in [5.41, 5.74) is 3.00. The molecule has 0 aromatic heterocycles. The molecule has 26 heavy (non-hydrogen) atoms. The first kappa shape index (κ1) is 18.8. The third-order valence-corrected chi connectivity index (χ3v) is 6.75. The molecule has 1 heterocycles. The highest BCUT2D eigenvalue weighted by Gasteiger charge is 2.29. The molecule has 3 rings (SSSR count). The zero-order valence-electron chi connectivity index (χ0n) is 14.9. The van der Waals surface area contributed by atoms with E-state index >= 15 is 0 Å². The number of aryl methyl sites for hydroxylation is 2. The Morgan fingerprint density at radius 3 is 2.35 bits per heavy atom. The van der Waals surface area contributed by atoms with Gasteiger partial charge in [0.1, 0.15) is 11.6 Å². The van der Waals surface area contributed by atoms with Crippen molar-refractivity contribution in [2.75, 3.05) is 26.2 Å². The Kier molecular flexibility index (Phi) is 5.32. The van der Waals surface area contributed by atoms with E-state index in [0.29, 0.717) is 32.7 Å². The molecule has 0 atom stereocenters. The average molecular weight is 378 g/mol. The lowest BCUT2D eigenvalue weighted by molar-refractivity contribution is 0.180. The third kappa shape index (κ3) is 3.90. The number of phenolic OH excluding ortho intramolecular Hbond substituents is 1. The number of hydrogen-bond acceptors (Lipinski definition) is 4. The van der Waals surface area contributed by atoms with Gasteiger partial charge in [0.2, 0.25) is 10.0 Å². The first-order valence-electron chi connectivity index (χ1n) is 8.54. The van der Waals surface area contributed by atoms with E-state index in [2.05, 4.69) is 4.90 Å². The number of benzene rings is 2. The Bertz CT molecular complexity index is 907. The van der Waals surface area contributed by atoms with Gasteiger partial charge in [-0.15, -0.1) is 0 Å². The van der Waals surface area contributed by atoms with Crippen LogP contribution in [0, 0.1) is 19.7 Å². The SMILES string of the molecule is Cc1cc(O)c(CN2CCN(S(=O)(=O)c3cccc(F)c3)CC2)cc1C. The standard InChI is InChI=1S/C19H23FN2O3S/c1-14-10-16(19(23)11-15(14)2)13-21-6-8-22(9-7-21)26(24,25)18-5-3-4-17(20)12-18/h3-5,10-12,23H,6-9,13H2,1-2H3. The van der Waals surface area contributed by atoms with Gasteiger partial charge in [-0.3, -0.25) is 4.90 Å². The molecule has 7 heteroatoms. The Morgan fingerprint density at radius 1 is 1.04 bits per heavy atom. The Morgan fingerprint density at radius 2 is 1.69 bits per heavy atom. The maximum Gasteiger partial charge on any atom is 0.243 e. The van der Waals surface area contributed by atoms with Crippen molar-refractivity contribution < 1.29 is 17.9 Å². The van der Waals surface area contributed by atoms with Gasteiger partial charge in [0.25, 0.3) is 0 Å². The van der Waals surface area contributed by atoms with Gasteiger partial charge in [-0.2, -0.15) is 4.31 Å². The van der Waals surface area contributed by atoms with Gasteiger partial charge in [-0.1, -0.05) is 12.1 Å². The van der Waals surface area contributed by atoms with E-state index in [1.165, 1.54) is 22.5 Å². The summed E-state index contributed by atoms with van der Waals surface area (Å²) in [5, 5.41) is 10.1. The molecular formula is C19H23FN2O3S. The molecule has 5 nitrogen and oxygen atoms in total. The lowest BCUT2D eigenvalue weighted by Gasteiger charge is -2.34. The second-order valence-electron chi connectivity index (χ2n) is 6.70. The topological polar surface area (TPSA) is 60.9 Å². The predicted octanol–water partition coefficient (Wildman–Crippen LogP) is 2.65. The van der Waals surface area contributed by atoms with Crippen molar-refractivity contribution in [2.45, 2.75) is 25.3 Å². The van der Waals surface area contributed by atoms with Crippen LogP contribution >= 0.6 is 0 Å². The van der Waals surface area contributed by atoms with E-state index in [1.54, 1.807) is 6.07 Å². The third-order valence-electron chi connectivity index (χ3n) is 4.85. The normalized spacial score (nSPS) is 16.7. The summed E-state index contributed by atoms with van der Waals surface area (Å²) in [6.07, 6.45) is 0. The Hall–Kier alpha value is -1.96. The summed E-state index contributed by atoms with van der Waals surface area (Å²) in [5.74, 6) is -0.294. The number of sulfonamides is 1. The van der Waals surface area contributed by atoms with Gasteiger partial charge in [-0.25, -0.2) is 12.8 Å². The van der Waals surface area contributed by atoms with Crippen LogP contribution < -0.4 is 0 Å². The molecule has 0 spiro atoms. The highest BCUT2D eigenvalue weighted by molar-refractivity contribution is 7.89. The first-order chi connectivity index (χ1) is 12.3. The Balaban J connectivity index is 1.67. The molecule has 0 aliphatic carbocycles. The van der Waals surface area contributed by atoms with Crippen LogP contribution in [-0.2, 0) is 16.6 Å². The fourth-order valence-corrected chi connectivity index (χ4v) is 4.59. The summed E-state index contributed by atoms with van der Waals surface area (Å²) in [6, 6.07) is 8.83. The van der Waals surface area contributed by atoms with Crippen LogP contribution in [0.15, 0.2) is 41.3 Å². The maximum absolute atomic E-state index is 13.4. The number of rotatable bonds is 4. The van der Waals surface area contributed by atoms with Crippen LogP contribution in [0.1, 0.15) is 16.7 Å². The average Bonchev–Trinajstić information content (AvgIpc) is 2.60. The molecule has 0 unspecified atom stereocenters. The zero-order valence-corrected chi connectivity index (χ0v) is 15.8. The first-order valence-corrected chi connectivity index (χ1v) is 9.98. The molecule has 1 aliphatic heterocycles. The molecular weight excluding hydrogens is 355 g/mol. The monoisotopic (exact) mass is 378 g/mol. The number of phenols is 1. The van der Waals surface area contributed by atoms with Gasteiger partial charge in [0.05, 0.1) is 4.90 Å². The molecule has 1 fully saturated rings. The number of halogens is 1. The highest BCUT2D eigenvalue weighted by atomic mass is 32.2. The van der Waals surface area contributed by atoms with Crippen molar-refractivity contribution in [3.8, 4) is 5.75 Å². The molecule has 1 saturated heterocycles. The predicted molar refractivity (Wildman–Crippen MR) is 98.0 cm³/mol. The van der Waals surface area contributed by atoms with Gasteiger partial charge in [-0.05, 0) is 49.2 Å². The lowest BCUT2D eigenvalue weighted by Crippen LogP contribution is -2.48. The quantitative estimate of drug-likeness (QED) is 0.889. The van der Waals surface area contributed by atoms with E-state index in [4.69, 9.17) is 0 Å². The molecule has 0 radical (unpaired) electrons. The van der Waals surface area contributed by atoms with Crippen LogP contribution in [0.4, 0.5) is 4.39 Å². The minimum atomic E-state index is -3.68. The lowest BCUT2D eigenvalue weighted by atomic mass is 10.0. The number of nitrogens with zero attached hydrogens (tertiary/aromatic N) is 2. The van der Waals surface area contributed by atoms with Crippen LogP contribution in [0.3, 0.4) is 0 Å². The maximum atomic E-state index is 13.4. The van der Waals surface area contributed by atoms with Crippen molar-refractivity contribution in [3.05, 3.63) is 58.9 Å². The second kappa shape index (κ2) is 7.34. The summed E-state index contributed by atoms with van der Waals surface area (Å²) in [6.45, 7) is 6.31. The molecule has 2 aromatic carbocycles. The van der Waals surface area contributed by atoms with Crippen LogP contribution in [-0.4, -0.2) is 48.9 Å². The van der Waals surface area contributed by atoms with Crippen LogP contribution in [0.5, 0.6) is 5.75 Å². The van der Waals surface area contributed by atoms with Crippen LogP contribution in [0.2, 0.25) is 0 Å². The van der Waals surface area contributed by atoms with Gasteiger partial charge < -0.3 is 5.11 Å². The largest absolute Gasteiger partial charge is 0.508 e. The van der Waals surface area contributed by atoms with Gasteiger partial charge in [0, 0.05) is 38.3 Å². The zero-order chi connectivity index (χ0) is 18.9. The second-order valence-corrected chi connectivity index (χ2v) is 8.64. The summed E-state index contributed by atoms with van der Waals surface area (Å²) >= 11 is 0. The van der Waals surface area contributed by atoms with Crippen molar-refractivity contribution in [3.63, 3.8) is 0 Å². The van der Waals surface area contributed by atoms with Gasteiger partial charge >= 0.3 is 0 Å². The summed E-state index contributed by atoms with van der Waals surface area (Å²) in [7, 11) is -3.68. The fourth-order valence-electron chi connectivity index (χ4n) is 3.13.